The van der Waals surface area contributed by atoms with Gasteiger partial charge in [-0.05, 0) is 32.8 Å². The van der Waals surface area contributed by atoms with Crippen LogP contribution in [0.3, 0.4) is 0 Å². The standard InChI is InChI=1S/C21H27N5S2.HI/c1-4-22-21(24-13-20-25-15(2)16(3)28-20)23-12-18-14-27-19(26-18)11-10-17-8-6-5-7-9-17;/h5-9,14H,4,10-13H2,1-3H3,(H2,22,23,24);1H. The lowest BCUT2D eigenvalue weighted by molar-refractivity contribution is 0.805. The van der Waals surface area contributed by atoms with Crippen LogP contribution in [0, 0.1) is 13.8 Å². The van der Waals surface area contributed by atoms with Crippen LogP contribution >= 0.6 is 46.7 Å². The van der Waals surface area contributed by atoms with Gasteiger partial charge in [0.2, 0.25) is 0 Å². The number of nitrogens with zero attached hydrogens (tertiary/aromatic N) is 3. The number of thiazole rings is 2. The monoisotopic (exact) mass is 541 g/mol. The average molecular weight is 542 g/mol. The fourth-order valence-electron chi connectivity index (χ4n) is 2.71. The molecule has 0 unspecified atom stereocenters. The van der Waals surface area contributed by atoms with Gasteiger partial charge in [-0.3, -0.25) is 0 Å². The van der Waals surface area contributed by atoms with Crippen molar-refractivity contribution >= 4 is 52.6 Å². The molecule has 2 heterocycles. The van der Waals surface area contributed by atoms with Crippen LogP contribution in [0.5, 0.6) is 0 Å². The fourth-order valence-corrected chi connectivity index (χ4v) is 4.37. The number of aryl methyl sites for hydroxylation is 4. The maximum Gasteiger partial charge on any atom is 0.191 e. The van der Waals surface area contributed by atoms with Crippen LogP contribution in [-0.4, -0.2) is 22.5 Å². The van der Waals surface area contributed by atoms with Crippen LogP contribution in [-0.2, 0) is 25.9 Å². The summed E-state index contributed by atoms with van der Waals surface area (Å²) in [6.45, 7) is 8.30. The Balaban J connectivity index is 0.00000300. The van der Waals surface area contributed by atoms with Gasteiger partial charge in [0.1, 0.15) is 5.01 Å². The number of rotatable bonds is 8. The molecule has 1 aromatic carbocycles. The molecule has 0 aliphatic carbocycles. The molecule has 0 saturated heterocycles. The second-order valence-electron chi connectivity index (χ2n) is 6.52. The lowest BCUT2D eigenvalue weighted by Gasteiger charge is -2.09. The highest BCUT2D eigenvalue weighted by Gasteiger charge is 2.06. The first-order valence-electron chi connectivity index (χ1n) is 9.56. The van der Waals surface area contributed by atoms with Crippen molar-refractivity contribution in [3.63, 3.8) is 0 Å². The summed E-state index contributed by atoms with van der Waals surface area (Å²) in [5.74, 6) is 0.798. The molecule has 2 N–H and O–H groups in total. The molecule has 0 amide bonds. The highest BCUT2D eigenvalue weighted by molar-refractivity contribution is 14.0. The summed E-state index contributed by atoms with van der Waals surface area (Å²) in [5.41, 5.74) is 3.48. The molecule has 156 valence electrons. The average Bonchev–Trinajstić information content (AvgIpc) is 3.29. The number of halogens is 1. The van der Waals surface area contributed by atoms with Gasteiger partial charge >= 0.3 is 0 Å². The number of nitrogens with one attached hydrogen (secondary N) is 2. The van der Waals surface area contributed by atoms with Gasteiger partial charge in [0, 0.05) is 23.2 Å². The summed E-state index contributed by atoms with van der Waals surface area (Å²) >= 11 is 3.45. The van der Waals surface area contributed by atoms with Crippen molar-refractivity contribution in [3.05, 3.63) is 67.6 Å². The van der Waals surface area contributed by atoms with Crippen molar-refractivity contribution in [1.29, 1.82) is 0 Å². The molecule has 3 aromatic rings. The van der Waals surface area contributed by atoms with Gasteiger partial charge in [0.25, 0.3) is 0 Å². The molecule has 0 radical (unpaired) electrons. The summed E-state index contributed by atoms with van der Waals surface area (Å²) in [6.07, 6.45) is 1.99. The highest BCUT2D eigenvalue weighted by atomic mass is 127. The minimum Gasteiger partial charge on any atom is -0.357 e. The molecule has 29 heavy (non-hydrogen) atoms. The molecular weight excluding hydrogens is 513 g/mol. The minimum absolute atomic E-state index is 0. The predicted octanol–water partition coefficient (Wildman–Crippen LogP) is 4.87. The molecule has 0 spiro atoms. The lowest BCUT2D eigenvalue weighted by atomic mass is 10.1. The quantitative estimate of drug-likeness (QED) is 0.243. The first kappa shape index (κ1) is 23.8. The van der Waals surface area contributed by atoms with Gasteiger partial charge in [-0.25, -0.2) is 15.0 Å². The van der Waals surface area contributed by atoms with Crippen molar-refractivity contribution in [1.82, 2.24) is 20.6 Å². The van der Waals surface area contributed by atoms with Crippen molar-refractivity contribution in [3.8, 4) is 0 Å². The SMILES string of the molecule is CCNC(=NCc1csc(CCc2ccccc2)n1)NCc1nc(C)c(C)s1.I. The molecule has 3 rings (SSSR count). The first-order chi connectivity index (χ1) is 13.6. The van der Waals surface area contributed by atoms with E-state index >= 15 is 0 Å². The van der Waals surface area contributed by atoms with Gasteiger partial charge in [-0.2, -0.15) is 0 Å². The van der Waals surface area contributed by atoms with Crippen LogP contribution in [0.1, 0.15) is 38.8 Å². The number of aliphatic imine (C=N–C) groups is 1. The Morgan fingerprint density at radius 3 is 2.52 bits per heavy atom. The van der Waals surface area contributed by atoms with Crippen molar-refractivity contribution < 1.29 is 0 Å². The summed E-state index contributed by atoms with van der Waals surface area (Å²) in [6, 6.07) is 10.6. The number of hydrogen-bond acceptors (Lipinski definition) is 5. The van der Waals surface area contributed by atoms with Gasteiger partial charge in [-0.15, -0.1) is 46.7 Å². The number of benzene rings is 1. The van der Waals surface area contributed by atoms with Gasteiger partial charge < -0.3 is 10.6 Å². The Hall–Kier alpha value is -1.52. The maximum atomic E-state index is 4.74. The van der Waals surface area contributed by atoms with Crippen LogP contribution in [0.15, 0.2) is 40.7 Å². The van der Waals surface area contributed by atoms with Crippen molar-refractivity contribution in [2.24, 2.45) is 4.99 Å². The van der Waals surface area contributed by atoms with Gasteiger partial charge in [-0.1, -0.05) is 30.3 Å². The maximum absolute atomic E-state index is 4.74. The number of hydrogen-bond donors (Lipinski definition) is 2. The van der Waals surface area contributed by atoms with E-state index in [9.17, 15) is 0 Å². The molecule has 0 aliphatic rings. The third-order valence-electron chi connectivity index (χ3n) is 4.29. The molecule has 0 fully saturated rings. The molecule has 0 saturated carbocycles. The zero-order valence-electron chi connectivity index (χ0n) is 17.1. The topological polar surface area (TPSA) is 62.2 Å². The van der Waals surface area contributed by atoms with Gasteiger partial charge in [0.15, 0.2) is 5.96 Å². The summed E-state index contributed by atoms with van der Waals surface area (Å²) in [7, 11) is 0. The zero-order valence-corrected chi connectivity index (χ0v) is 21.0. The van der Waals surface area contributed by atoms with Crippen LogP contribution in [0.4, 0.5) is 0 Å². The van der Waals surface area contributed by atoms with Gasteiger partial charge in [0.05, 0.1) is 29.5 Å². The van der Waals surface area contributed by atoms with E-state index < -0.39 is 0 Å². The van der Waals surface area contributed by atoms with E-state index in [2.05, 4.69) is 70.2 Å². The first-order valence-corrected chi connectivity index (χ1v) is 11.3. The third kappa shape index (κ3) is 7.67. The van der Waals surface area contributed by atoms with E-state index in [0.29, 0.717) is 13.1 Å². The zero-order chi connectivity index (χ0) is 19.8. The number of aromatic nitrogens is 2. The Bertz CT molecular complexity index is 885. The molecule has 5 nitrogen and oxygen atoms in total. The second kappa shape index (κ2) is 12.2. The van der Waals surface area contributed by atoms with Crippen LogP contribution in [0.2, 0.25) is 0 Å². The highest BCUT2D eigenvalue weighted by Crippen LogP contribution is 2.16. The summed E-state index contributed by atoms with van der Waals surface area (Å²) in [4.78, 5) is 15.3. The lowest BCUT2D eigenvalue weighted by Crippen LogP contribution is -2.36. The van der Waals surface area contributed by atoms with E-state index in [1.807, 2.05) is 6.92 Å². The molecular formula is C21H28IN5S2. The normalized spacial score (nSPS) is 11.2. The summed E-state index contributed by atoms with van der Waals surface area (Å²) in [5, 5.41) is 11.0. The van der Waals surface area contributed by atoms with E-state index in [4.69, 9.17) is 4.98 Å². The Kier molecular flexibility index (Phi) is 10.0. The predicted molar refractivity (Wildman–Crippen MR) is 135 cm³/mol. The Morgan fingerprint density at radius 2 is 1.83 bits per heavy atom. The largest absolute Gasteiger partial charge is 0.357 e. The smallest absolute Gasteiger partial charge is 0.191 e. The molecule has 0 aliphatic heterocycles. The molecule has 0 atom stereocenters. The third-order valence-corrected chi connectivity index (χ3v) is 6.32. The summed E-state index contributed by atoms with van der Waals surface area (Å²) < 4.78 is 0. The van der Waals surface area contributed by atoms with Crippen LogP contribution in [0.25, 0.3) is 0 Å². The molecule has 0 bridgehead atoms. The molecule has 2 aromatic heterocycles. The number of guanidine groups is 1. The van der Waals surface area contributed by atoms with Crippen LogP contribution < -0.4 is 10.6 Å². The Morgan fingerprint density at radius 1 is 1.03 bits per heavy atom. The second-order valence-corrected chi connectivity index (χ2v) is 8.75. The fraction of sp³-hybridized carbons (Fsp3) is 0.381. The van der Waals surface area contributed by atoms with E-state index in [1.54, 1.807) is 22.7 Å². The minimum atomic E-state index is 0. The van der Waals surface area contributed by atoms with E-state index in [-0.39, 0.29) is 24.0 Å². The van der Waals surface area contributed by atoms with E-state index in [0.717, 1.165) is 41.7 Å². The van der Waals surface area contributed by atoms with Crippen molar-refractivity contribution in [2.75, 3.05) is 6.54 Å². The Labute approximate surface area is 198 Å². The molecule has 8 heteroatoms. The van der Waals surface area contributed by atoms with E-state index in [1.165, 1.54) is 15.4 Å². The van der Waals surface area contributed by atoms with Crippen molar-refractivity contribution in [2.45, 2.75) is 46.7 Å².